The smallest absolute Gasteiger partial charge is 0.258 e. The molecule has 1 N–H and O–H groups in total. The summed E-state index contributed by atoms with van der Waals surface area (Å²) in [5.41, 5.74) is 3.50. The van der Waals surface area contributed by atoms with Gasteiger partial charge in [0.15, 0.2) is 6.61 Å². The minimum Gasteiger partial charge on any atom is -0.483 e. The van der Waals surface area contributed by atoms with Crippen LogP contribution in [0.5, 0.6) is 5.75 Å². The molecule has 0 spiro atoms. The number of amides is 1. The van der Waals surface area contributed by atoms with Crippen LogP contribution in [0.2, 0.25) is 0 Å². The molecule has 0 unspecified atom stereocenters. The Kier molecular flexibility index (Phi) is 7.18. The second-order valence-electron chi connectivity index (χ2n) is 8.56. The van der Waals surface area contributed by atoms with Gasteiger partial charge < -0.3 is 15.0 Å². The number of nitrogens with zero attached hydrogens (tertiary/aromatic N) is 1. The van der Waals surface area contributed by atoms with Crippen LogP contribution in [0, 0.1) is 5.92 Å². The Morgan fingerprint density at radius 2 is 1.86 bits per heavy atom. The maximum absolute atomic E-state index is 12.4. The lowest BCUT2D eigenvalue weighted by Crippen LogP contribution is -2.34. The van der Waals surface area contributed by atoms with E-state index in [9.17, 15) is 4.79 Å². The highest BCUT2D eigenvalue weighted by Gasteiger charge is 2.17. The minimum absolute atomic E-state index is 0.0256. The third-order valence-electron chi connectivity index (χ3n) is 5.69. The second-order valence-corrected chi connectivity index (χ2v) is 8.56. The van der Waals surface area contributed by atoms with E-state index in [1.54, 1.807) is 0 Å². The summed E-state index contributed by atoms with van der Waals surface area (Å²) in [7, 11) is 0. The largest absolute Gasteiger partial charge is 0.483 e. The van der Waals surface area contributed by atoms with Crippen LogP contribution in [0.3, 0.4) is 0 Å². The first kappa shape index (κ1) is 21.2. The van der Waals surface area contributed by atoms with Gasteiger partial charge in [-0.2, -0.15) is 0 Å². The average Bonchev–Trinajstić information content (AvgIpc) is 2.72. The van der Waals surface area contributed by atoms with Crippen LogP contribution < -0.4 is 15.0 Å². The summed E-state index contributed by atoms with van der Waals surface area (Å²) < 4.78 is 5.79. The maximum atomic E-state index is 12.4. The van der Waals surface area contributed by atoms with E-state index in [2.05, 4.69) is 55.3 Å². The van der Waals surface area contributed by atoms with Gasteiger partial charge in [0.2, 0.25) is 0 Å². The number of rotatable bonds is 7. The highest BCUT2D eigenvalue weighted by Crippen LogP contribution is 2.26. The summed E-state index contributed by atoms with van der Waals surface area (Å²) in [5, 5.41) is 3.04. The fraction of sp³-hybridized carbons (Fsp3) is 0.480. The highest BCUT2D eigenvalue weighted by atomic mass is 16.5. The van der Waals surface area contributed by atoms with Gasteiger partial charge in [-0.15, -0.1) is 0 Å². The zero-order chi connectivity index (χ0) is 20.8. The molecule has 1 aliphatic rings. The molecule has 156 valence electrons. The fourth-order valence-corrected chi connectivity index (χ4v) is 4.00. The molecule has 1 fully saturated rings. The van der Waals surface area contributed by atoms with Crippen LogP contribution in [0.1, 0.15) is 63.6 Å². The number of hydrogen-bond donors (Lipinski definition) is 1. The molecule has 4 heteroatoms. The molecule has 2 aromatic rings. The van der Waals surface area contributed by atoms with Gasteiger partial charge in [-0.1, -0.05) is 51.1 Å². The van der Waals surface area contributed by atoms with E-state index in [1.807, 2.05) is 31.2 Å². The van der Waals surface area contributed by atoms with Gasteiger partial charge >= 0.3 is 0 Å². The first-order valence-electron chi connectivity index (χ1n) is 10.8. The van der Waals surface area contributed by atoms with E-state index in [4.69, 9.17) is 4.74 Å². The number of carbonyl (C=O) groups is 1. The molecular weight excluding hydrogens is 360 g/mol. The molecule has 4 nitrogen and oxygen atoms in total. The number of nitrogens with one attached hydrogen (secondary N) is 1. The Morgan fingerprint density at radius 1 is 1.14 bits per heavy atom. The summed E-state index contributed by atoms with van der Waals surface area (Å²) in [6.07, 6.45) is 2.58. The van der Waals surface area contributed by atoms with Gasteiger partial charge in [0, 0.05) is 18.8 Å². The lowest BCUT2D eigenvalue weighted by Gasteiger charge is -2.33. The van der Waals surface area contributed by atoms with Crippen LogP contribution in [0.15, 0.2) is 48.5 Å². The molecule has 0 bridgehead atoms. The standard InChI is InChI=1S/C25H34N2O2/c1-18(2)23-9-5-6-10-24(23)29-17-25(28)26-20(4)21-11-13-22(14-12-21)27-15-7-8-19(3)16-27/h5-6,9-14,18-20H,7-8,15-17H2,1-4H3,(H,26,28)/t19-,20-/m1/s1. The molecular formula is C25H34N2O2. The van der Waals surface area contributed by atoms with E-state index in [1.165, 1.54) is 18.5 Å². The topological polar surface area (TPSA) is 41.6 Å². The van der Waals surface area contributed by atoms with Crippen molar-refractivity contribution in [3.05, 3.63) is 59.7 Å². The Labute approximate surface area is 175 Å². The Balaban J connectivity index is 1.53. The van der Waals surface area contributed by atoms with Gasteiger partial charge in [0.05, 0.1) is 6.04 Å². The SMILES string of the molecule is CC(C)c1ccccc1OCC(=O)N[C@H](C)c1ccc(N2CCC[C@@H](C)C2)cc1. The first-order chi connectivity index (χ1) is 13.9. The lowest BCUT2D eigenvalue weighted by atomic mass is 9.99. The third-order valence-corrected chi connectivity index (χ3v) is 5.69. The van der Waals surface area contributed by atoms with Gasteiger partial charge in [-0.25, -0.2) is 0 Å². The quantitative estimate of drug-likeness (QED) is 0.693. The van der Waals surface area contributed by atoms with Crippen molar-refractivity contribution in [2.75, 3.05) is 24.6 Å². The van der Waals surface area contributed by atoms with Crippen LogP contribution in [0.4, 0.5) is 5.69 Å². The lowest BCUT2D eigenvalue weighted by molar-refractivity contribution is -0.123. The number of ether oxygens (including phenoxy) is 1. The molecule has 1 heterocycles. The average molecular weight is 395 g/mol. The summed E-state index contributed by atoms with van der Waals surface area (Å²) in [6, 6.07) is 16.4. The van der Waals surface area contributed by atoms with E-state index in [-0.39, 0.29) is 18.6 Å². The van der Waals surface area contributed by atoms with Crippen molar-refractivity contribution in [1.82, 2.24) is 5.32 Å². The maximum Gasteiger partial charge on any atom is 0.258 e. The molecule has 2 atom stereocenters. The fourth-order valence-electron chi connectivity index (χ4n) is 4.00. The van der Waals surface area contributed by atoms with Crippen molar-refractivity contribution in [2.45, 2.75) is 52.5 Å². The predicted octanol–water partition coefficient (Wildman–Crippen LogP) is 5.30. The molecule has 3 rings (SSSR count). The van der Waals surface area contributed by atoms with Gasteiger partial charge in [-0.05, 0) is 60.9 Å². The second kappa shape index (κ2) is 9.82. The summed E-state index contributed by atoms with van der Waals surface area (Å²) in [5.74, 6) is 1.78. The molecule has 0 aromatic heterocycles. The normalized spacial score (nSPS) is 17.8. The van der Waals surface area contributed by atoms with Crippen molar-refractivity contribution >= 4 is 11.6 Å². The van der Waals surface area contributed by atoms with Crippen molar-refractivity contribution in [2.24, 2.45) is 5.92 Å². The molecule has 1 amide bonds. The zero-order valence-electron chi connectivity index (χ0n) is 18.2. The van der Waals surface area contributed by atoms with E-state index >= 15 is 0 Å². The van der Waals surface area contributed by atoms with Crippen LogP contribution in [-0.4, -0.2) is 25.6 Å². The van der Waals surface area contributed by atoms with Gasteiger partial charge in [-0.3, -0.25) is 4.79 Å². The van der Waals surface area contributed by atoms with Crippen molar-refractivity contribution in [3.8, 4) is 5.75 Å². The number of hydrogen-bond acceptors (Lipinski definition) is 3. The third kappa shape index (κ3) is 5.75. The minimum atomic E-state index is -0.106. The summed E-state index contributed by atoms with van der Waals surface area (Å²) in [4.78, 5) is 14.8. The molecule has 0 saturated carbocycles. The molecule has 29 heavy (non-hydrogen) atoms. The summed E-state index contributed by atoms with van der Waals surface area (Å²) in [6.45, 7) is 10.9. The molecule has 1 aliphatic heterocycles. The van der Waals surface area contributed by atoms with Crippen molar-refractivity contribution in [3.63, 3.8) is 0 Å². The van der Waals surface area contributed by atoms with Crippen LogP contribution in [-0.2, 0) is 4.79 Å². The van der Waals surface area contributed by atoms with Gasteiger partial charge in [0.25, 0.3) is 5.91 Å². The molecule has 0 radical (unpaired) electrons. The number of piperidine rings is 1. The van der Waals surface area contributed by atoms with Crippen molar-refractivity contribution < 1.29 is 9.53 Å². The van der Waals surface area contributed by atoms with Crippen LogP contribution >= 0.6 is 0 Å². The zero-order valence-corrected chi connectivity index (χ0v) is 18.2. The van der Waals surface area contributed by atoms with E-state index in [0.29, 0.717) is 5.92 Å². The Morgan fingerprint density at radius 3 is 2.55 bits per heavy atom. The number of carbonyl (C=O) groups excluding carboxylic acids is 1. The van der Waals surface area contributed by atoms with Crippen LogP contribution in [0.25, 0.3) is 0 Å². The number of para-hydroxylation sites is 1. The number of anilines is 1. The predicted molar refractivity (Wildman–Crippen MR) is 120 cm³/mol. The molecule has 0 aliphatic carbocycles. The van der Waals surface area contributed by atoms with Gasteiger partial charge in [0.1, 0.15) is 5.75 Å². The van der Waals surface area contributed by atoms with E-state index in [0.717, 1.165) is 35.9 Å². The van der Waals surface area contributed by atoms with Crippen molar-refractivity contribution in [1.29, 1.82) is 0 Å². The Hall–Kier alpha value is -2.49. The van der Waals surface area contributed by atoms with E-state index < -0.39 is 0 Å². The number of benzene rings is 2. The summed E-state index contributed by atoms with van der Waals surface area (Å²) >= 11 is 0. The monoisotopic (exact) mass is 394 g/mol. The molecule has 2 aromatic carbocycles. The molecule has 1 saturated heterocycles. The Bertz CT molecular complexity index is 801. The highest BCUT2D eigenvalue weighted by molar-refractivity contribution is 5.78. The first-order valence-corrected chi connectivity index (χ1v) is 10.8.